The third-order valence-corrected chi connectivity index (χ3v) is 3.65. The highest BCUT2D eigenvalue weighted by molar-refractivity contribution is 6.30. The number of aromatic amines is 1. The largest absolute Gasteiger partial charge is 0.481 e. The molecule has 2 aromatic rings. The Morgan fingerprint density at radius 2 is 2.09 bits per heavy atom. The number of hydrogen-bond donors (Lipinski definition) is 2. The van der Waals surface area contributed by atoms with Crippen molar-refractivity contribution in [3.05, 3.63) is 62.5 Å². The van der Waals surface area contributed by atoms with Gasteiger partial charge in [-0.2, -0.15) is 0 Å². The number of amides is 1. The maximum atomic E-state index is 12.1. The van der Waals surface area contributed by atoms with Crippen LogP contribution >= 0.6 is 11.6 Å². The van der Waals surface area contributed by atoms with Gasteiger partial charge in [-0.3, -0.25) is 9.59 Å². The molecule has 0 saturated carbocycles. The molecule has 0 radical (unpaired) electrons. The number of aromatic nitrogens is 1. The van der Waals surface area contributed by atoms with Crippen LogP contribution < -0.4 is 15.6 Å². The van der Waals surface area contributed by atoms with E-state index in [1.54, 1.807) is 31.2 Å². The van der Waals surface area contributed by atoms with Crippen molar-refractivity contribution in [3.8, 4) is 5.75 Å². The number of carbonyl (C=O) groups is 1. The van der Waals surface area contributed by atoms with Crippen LogP contribution in [0.15, 0.2) is 35.1 Å². The lowest BCUT2D eigenvalue weighted by Gasteiger charge is -2.15. The van der Waals surface area contributed by atoms with Crippen molar-refractivity contribution in [2.45, 2.75) is 33.4 Å². The molecular formula is C17H19ClN2O3. The van der Waals surface area contributed by atoms with Gasteiger partial charge in [0.25, 0.3) is 11.5 Å². The summed E-state index contributed by atoms with van der Waals surface area (Å²) in [6, 6.07) is 8.71. The van der Waals surface area contributed by atoms with E-state index < -0.39 is 6.10 Å². The lowest BCUT2D eigenvalue weighted by Crippen LogP contribution is -2.37. The molecule has 1 aromatic heterocycles. The normalized spacial score (nSPS) is 11.8. The standard InChI is InChI=1S/C17H19ClN2O3/c1-10-7-11(2)20-17(22)15(10)9-19-16(21)12(3)23-14-6-4-5-13(18)8-14/h4-8,12H,9H2,1-3H3,(H,19,21)(H,20,22)/t12-/m0/s1. The minimum Gasteiger partial charge on any atom is -0.481 e. The van der Waals surface area contributed by atoms with Crippen molar-refractivity contribution in [1.29, 1.82) is 0 Å². The summed E-state index contributed by atoms with van der Waals surface area (Å²) in [7, 11) is 0. The number of pyridine rings is 1. The van der Waals surface area contributed by atoms with E-state index in [4.69, 9.17) is 16.3 Å². The van der Waals surface area contributed by atoms with Gasteiger partial charge in [-0.15, -0.1) is 0 Å². The number of nitrogens with one attached hydrogen (secondary N) is 2. The van der Waals surface area contributed by atoms with E-state index in [1.165, 1.54) is 0 Å². The lowest BCUT2D eigenvalue weighted by atomic mass is 10.1. The van der Waals surface area contributed by atoms with E-state index in [-0.39, 0.29) is 18.0 Å². The predicted octanol–water partition coefficient (Wildman–Crippen LogP) is 2.73. The summed E-state index contributed by atoms with van der Waals surface area (Å²) in [6.07, 6.45) is -0.696. The van der Waals surface area contributed by atoms with E-state index in [9.17, 15) is 9.59 Å². The summed E-state index contributed by atoms with van der Waals surface area (Å²) in [5.41, 5.74) is 1.99. The van der Waals surface area contributed by atoms with Crippen LogP contribution in [0.25, 0.3) is 0 Å². The van der Waals surface area contributed by atoms with Gasteiger partial charge in [-0.05, 0) is 50.6 Å². The molecule has 5 nitrogen and oxygen atoms in total. The van der Waals surface area contributed by atoms with Gasteiger partial charge in [0.05, 0.1) is 0 Å². The molecule has 0 spiro atoms. The molecule has 1 atom stereocenters. The van der Waals surface area contributed by atoms with Crippen molar-refractivity contribution in [3.63, 3.8) is 0 Å². The van der Waals surface area contributed by atoms with Crippen LogP contribution in [0.1, 0.15) is 23.7 Å². The summed E-state index contributed by atoms with van der Waals surface area (Å²) < 4.78 is 5.54. The fourth-order valence-corrected chi connectivity index (χ4v) is 2.40. The fraction of sp³-hybridized carbons (Fsp3) is 0.294. The first-order valence-electron chi connectivity index (χ1n) is 7.26. The molecule has 122 valence electrons. The Labute approximate surface area is 139 Å². The van der Waals surface area contributed by atoms with Gasteiger partial charge >= 0.3 is 0 Å². The Hall–Kier alpha value is -2.27. The second-order valence-corrected chi connectivity index (χ2v) is 5.81. The van der Waals surface area contributed by atoms with Gasteiger partial charge in [0.1, 0.15) is 5.75 Å². The molecule has 1 amide bonds. The molecule has 6 heteroatoms. The van der Waals surface area contributed by atoms with E-state index in [0.717, 1.165) is 11.3 Å². The zero-order valence-corrected chi connectivity index (χ0v) is 14.0. The van der Waals surface area contributed by atoms with Crippen molar-refractivity contribution >= 4 is 17.5 Å². The highest BCUT2D eigenvalue weighted by Gasteiger charge is 2.15. The first-order valence-corrected chi connectivity index (χ1v) is 7.64. The topological polar surface area (TPSA) is 71.2 Å². The fourth-order valence-electron chi connectivity index (χ4n) is 2.22. The monoisotopic (exact) mass is 334 g/mol. The second kappa shape index (κ2) is 7.33. The van der Waals surface area contributed by atoms with Crippen LogP contribution in [0.3, 0.4) is 0 Å². The second-order valence-electron chi connectivity index (χ2n) is 5.38. The van der Waals surface area contributed by atoms with Crippen LogP contribution in [0.2, 0.25) is 5.02 Å². The molecule has 0 unspecified atom stereocenters. The van der Waals surface area contributed by atoms with Gasteiger partial charge in [-0.25, -0.2) is 0 Å². The molecule has 23 heavy (non-hydrogen) atoms. The summed E-state index contributed by atoms with van der Waals surface area (Å²) in [4.78, 5) is 26.8. The van der Waals surface area contributed by atoms with E-state index >= 15 is 0 Å². The minimum absolute atomic E-state index is 0.156. The van der Waals surface area contributed by atoms with Crippen molar-refractivity contribution < 1.29 is 9.53 Å². The summed E-state index contributed by atoms with van der Waals surface area (Å²) >= 11 is 5.88. The minimum atomic E-state index is -0.696. The number of H-pyrrole nitrogens is 1. The molecule has 0 aliphatic heterocycles. The van der Waals surface area contributed by atoms with E-state index in [0.29, 0.717) is 16.3 Å². The Morgan fingerprint density at radius 1 is 1.35 bits per heavy atom. The number of rotatable bonds is 5. The highest BCUT2D eigenvalue weighted by Crippen LogP contribution is 2.18. The van der Waals surface area contributed by atoms with Crippen molar-refractivity contribution in [2.75, 3.05) is 0 Å². The first kappa shape index (κ1) is 17.1. The van der Waals surface area contributed by atoms with E-state index in [2.05, 4.69) is 10.3 Å². The maximum absolute atomic E-state index is 12.1. The molecule has 1 aromatic carbocycles. The quantitative estimate of drug-likeness (QED) is 0.883. The number of carbonyl (C=O) groups excluding carboxylic acids is 1. The smallest absolute Gasteiger partial charge is 0.261 e. The number of hydrogen-bond acceptors (Lipinski definition) is 3. The Kier molecular flexibility index (Phi) is 5.45. The van der Waals surface area contributed by atoms with Gasteiger partial charge in [0, 0.05) is 22.8 Å². The molecule has 1 heterocycles. The third-order valence-electron chi connectivity index (χ3n) is 3.41. The number of halogens is 1. The zero-order valence-electron chi connectivity index (χ0n) is 13.3. The molecule has 0 fully saturated rings. The van der Waals surface area contributed by atoms with Gasteiger partial charge in [0.15, 0.2) is 6.10 Å². The van der Waals surface area contributed by atoms with Crippen LogP contribution in [0.4, 0.5) is 0 Å². The summed E-state index contributed by atoms with van der Waals surface area (Å²) in [6.45, 7) is 5.46. The summed E-state index contributed by atoms with van der Waals surface area (Å²) in [5.74, 6) is 0.217. The van der Waals surface area contributed by atoms with Gasteiger partial charge in [0.2, 0.25) is 0 Å². The third kappa shape index (κ3) is 4.60. The molecule has 0 bridgehead atoms. The van der Waals surface area contributed by atoms with Gasteiger partial charge in [-0.1, -0.05) is 17.7 Å². The number of benzene rings is 1. The van der Waals surface area contributed by atoms with Crippen molar-refractivity contribution in [2.24, 2.45) is 0 Å². The predicted molar refractivity (Wildman–Crippen MR) is 89.9 cm³/mol. The van der Waals surface area contributed by atoms with Crippen LogP contribution in [0, 0.1) is 13.8 Å². The van der Waals surface area contributed by atoms with Crippen molar-refractivity contribution in [1.82, 2.24) is 10.3 Å². The zero-order chi connectivity index (χ0) is 17.0. The number of aryl methyl sites for hydroxylation is 2. The Bertz CT molecular complexity index is 771. The Balaban J connectivity index is 1.98. The molecule has 2 rings (SSSR count). The summed E-state index contributed by atoms with van der Waals surface area (Å²) in [5, 5.41) is 3.26. The molecule has 0 aliphatic rings. The van der Waals surface area contributed by atoms with Gasteiger partial charge < -0.3 is 15.0 Å². The molecule has 0 aliphatic carbocycles. The maximum Gasteiger partial charge on any atom is 0.261 e. The molecule has 0 saturated heterocycles. The Morgan fingerprint density at radius 3 is 2.74 bits per heavy atom. The molecule has 2 N–H and O–H groups in total. The first-order chi connectivity index (χ1) is 10.9. The molecular weight excluding hydrogens is 316 g/mol. The lowest BCUT2D eigenvalue weighted by molar-refractivity contribution is -0.127. The highest BCUT2D eigenvalue weighted by atomic mass is 35.5. The van der Waals surface area contributed by atoms with Crippen LogP contribution in [-0.4, -0.2) is 17.0 Å². The average molecular weight is 335 g/mol. The SMILES string of the molecule is Cc1cc(C)c(CNC(=O)[C@H](C)Oc2cccc(Cl)c2)c(=O)[nH]1. The average Bonchev–Trinajstić information content (AvgIpc) is 2.45. The van der Waals surface area contributed by atoms with Crippen LogP contribution in [-0.2, 0) is 11.3 Å². The van der Waals surface area contributed by atoms with E-state index in [1.807, 2.05) is 19.9 Å². The van der Waals surface area contributed by atoms with Crippen LogP contribution in [0.5, 0.6) is 5.75 Å². The number of ether oxygens (including phenoxy) is 1.